The van der Waals surface area contributed by atoms with Crippen LogP contribution in [0.5, 0.6) is 0 Å². The Bertz CT molecular complexity index is 186. The molecular formula is C9H14N2O2. The third-order valence-electron chi connectivity index (χ3n) is 1.88. The topological polar surface area (TPSA) is 41.6 Å². The van der Waals surface area contributed by atoms with Crippen molar-refractivity contribution in [1.82, 2.24) is 10.2 Å². The van der Waals surface area contributed by atoms with Crippen molar-refractivity contribution in [1.29, 1.82) is 0 Å². The Morgan fingerprint density at radius 1 is 1.54 bits per heavy atom. The molecular weight excluding hydrogens is 168 g/mol. The van der Waals surface area contributed by atoms with Crippen molar-refractivity contribution in [2.45, 2.75) is 0 Å². The van der Waals surface area contributed by atoms with E-state index < -0.39 is 0 Å². The minimum Gasteiger partial charge on any atom is -0.379 e. The van der Waals surface area contributed by atoms with Crippen LogP contribution in [0, 0.1) is 7.05 Å². The Morgan fingerprint density at radius 2 is 2.23 bits per heavy atom. The number of carbonyl (C=O) groups is 1. The predicted molar refractivity (Wildman–Crippen MR) is 48.8 cm³/mol. The maximum Gasteiger partial charge on any atom is 0.244 e. The first-order valence-corrected chi connectivity index (χ1v) is 4.30. The zero-order valence-electron chi connectivity index (χ0n) is 7.53. The summed E-state index contributed by atoms with van der Waals surface area (Å²) >= 11 is 0. The molecule has 0 spiro atoms. The van der Waals surface area contributed by atoms with E-state index in [1.54, 1.807) is 6.08 Å². The molecule has 1 aliphatic rings. The van der Waals surface area contributed by atoms with Gasteiger partial charge in [-0.3, -0.25) is 9.69 Å². The molecule has 4 nitrogen and oxygen atoms in total. The standard InChI is InChI=1S/C9H14N2O2/c1-10-9(12)3-2-4-11-5-7-13-8-6-11/h1-3H,4-8H2,(H,10,12)/b3-2+. The molecule has 13 heavy (non-hydrogen) atoms. The lowest BCUT2D eigenvalue weighted by Crippen LogP contribution is -2.36. The van der Waals surface area contributed by atoms with Crippen LogP contribution in [0.2, 0.25) is 0 Å². The van der Waals surface area contributed by atoms with Gasteiger partial charge < -0.3 is 10.1 Å². The van der Waals surface area contributed by atoms with Gasteiger partial charge in [0, 0.05) is 25.7 Å². The molecule has 1 fully saturated rings. The average molecular weight is 182 g/mol. The van der Waals surface area contributed by atoms with E-state index in [1.807, 2.05) is 5.32 Å². The second-order valence-electron chi connectivity index (χ2n) is 2.82. The van der Waals surface area contributed by atoms with Crippen molar-refractivity contribution in [3.63, 3.8) is 0 Å². The Hall–Kier alpha value is -0.870. The Kier molecular flexibility index (Phi) is 4.49. The zero-order chi connectivity index (χ0) is 9.52. The van der Waals surface area contributed by atoms with E-state index >= 15 is 0 Å². The summed E-state index contributed by atoms with van der Waals surface area (Å²) in [6.45, 7) is 4.17. The van der Waals surface area contributed by atoms with E-state index in [2.05, 4.69) is 4.90 Å². The first-order valence-electron chi connectivity index (χ1n) is 4.30. The van der Waals surface area contributed by atoms with Crippen LogP contribution in [-0.2, 0) is 9.53 Å². The van der Waals surface area contributed by atoms with Crippen molar-refractivity contribution in [3.05, 3.63) is 19.2 Å². The van der Waals surface area contributed by atoms with E-state index in [0.29, 0.717) is 0 Å². The molecule has 4 heteroatoms. The SMILES string of the molecule is [CH]NC(=O)/C=C/CN1CCOCC1. The fraction of sp³-hybridized carbons (Fsp3) is 0.556. The largest absolute Gasteiger partial charge is 0.379 e. The summed E-state index contributed by atoms with van der Waals surface area (Å²) in [6.07, 6.45) is 3.24. The van der Waals surface area contributed by atoms with Crippen LogP contribution in [-0.4, -0.2) is 43.7 Å². The lowest BCUT2D eigenvalue weighted by Gasteiger charge is -2.24. The second-order valence-corrected chi connectivity index (χ2v) is 2.82. The third kappa shape index (κ3) is 4.05. The number of amides is 1. The van der Waals surface area contributed by atoms with Crippen LogP contribution in [0.15, 0.2) is 12.2 Å². The number of nitrogens with one attached hydrogen (secondary N) is 1. The molecule has 1 aliphatic heterocycles. The van der Waals surface area contributed by atoms with Gasteiger partial charge in [0.1, 0.15) is 0 Å². The van der Waals surface area contributed by atoms with Crippen LogP contribution in [0.1, 0.15) is 0 Å². The monoisotopic (exact) mass is 182 g/mol. The molecule has 0 aromatic rings. The van der Waals surface area contributed by atoms with Gasteiger partial charge in [0.2, 0.25) is 5.91 Å². The highest BCUT2D eigenvalue weighted by molar-refractivity contribution is 5.87. The molecule has 1 N–H and O–H groups in total. The van der Waals surface area contributed by atoms with Gasteiger partial charge in [0.05, 0.1) is 20.3 Å². The molecule has 0 saturated carbocycles. The summed E-state index contributed by atoms with van der Waals surface area (Å²) in [6, 6.07) is 0. The summed E-state index contributed by atoms with van der Waals surface area (Å²) in [5, 5.41) is 2.03. The summed E-state index contributed by atoms with van der Waals surface area (Å²) in [4.78, 5) is 12.9. The van der Waals surface area contributed by atoms with E-state index in [0.717, 1.165) is 32.8 Å². The lowest BCUT2D eigenvalue weighted by molar-refractivity contribution is -0.115. The molecule has 0 bridgehead atoms. The second kappa shape index (κ2) is 5.72. The van der Waals surface area contributed by atoms with Crippen molar-refractivity contribution >= 4 is 5.91 Å². The Balaban J connectivity index is 2.16. The van der Waals surface area contributed by atoms with Gasteiger partial charge in [-0.1, -0.05) is 6.08 Å². The van der Waals surface area contributed by atoms with Gasteiger partial charge >= 0.3 is 0 Å². The predicted octanol–water partition coefficient (Wildman–Crippen LogP) is -0.340. The summed E-state index contributed by atoms with van der Waals surface area (Å²) < 4.78 is 5.18. The van der Waals surface area contributed by atoms with Crippen LogP contribution in [0.4, 0.5) is 0 Å². The zero-order valence-corrected chi connectivity index (χ0v) is 7.53. The number of hydrogen-bond donors (Lipinski definition) is 1. The summed E-state index contributed by atoms with van der Waals surface area (Å²) in [5.41, 5.74) is 0. The van der Waals surface area contributed by atoms with Crippen LogP contribution in [0.25, 0.3) is 0 Å². The molecule has 1 rings (SSSR count). The van der Waals surface area contributed by atoms with Gasteiger partial charge in [-0.2, -0.15) is 0 Å². The average Bonchev–Trinajstić information content (AvgIpc) is 2.19. The van der Waals surface area contributed by atoms with Crippen LogP contribution < -0.4 is 5.32 Å². The molecule has 0 aromatic carbocycles. The fourth-order valence-corrected chi connectivity index (χ4v) is 1.14. The molecule has 1 amide bonds. The Labute approximate surface area is 78.5 Å². The molecule has 1 heterocycles. The summed E-state index contributed by atoms with van der Waals surface area (Å²) in [5.74, 6) is -0.270. The molecule has 0 unspecified atom stereocenters. The van der Waals surface area contributed by atoms with Crippen molar-refractivity contribution in [2.75, 3.05) is 32.8 Å². The van der Waals surface area contributed by atoms with Gasteiger partial charge in [-0.05, 0) is 0 Å². The van der Waals surface area contributed by atoms with E-state index in [-0.39, 0.29) is 5.91 Å². The maximum atomic E-state index is 10.7. The lowest BCUT2D eigenvalue weighted by atomic mass is 10.4. The number of rotatable bonds is 3. The maximum absolute atomic E-state index is 10.7. The molecule has 2 radical (unpaired) electrons. The molecule has 72 valence electrons. The first-order chi connectivity index (χ1) is 6.33. The smallest absolute Gasteiger partial charge is 0.244 e. The number of ether oxygens (including phenoxy) is 1. The van der Waals surface area contributed by atoms with E-state index in [1.165, 1.54) is 6.08 Å². The van der Waals surface area contributed by atoms with Crippen molar-refractivity contribution in [2.24, 2.45) is 0 Å². The van der Waals surface area contributed by atoms with Crippen LogP contribution in [0.3, 0.4) is 0 Å². The van der Waals surface area contributed by atoms with Gasteiger partial charge in [0.25, 0.3) is 0 Å². The van der Waals surface area contributed by atoms with Crippen LogP contribution >= 0.6 is 0 Å². The van der Waals surface area contributed by atoms with E-state index in [4.69, 9.17) is 11.8 Å². The number of nitrogens with zero attached hydrogens (tertiary/aromatic N) is 1. The highest BCUT2D eigenvalue weighted by Crippen LogP contribution is 1.95. The van der Waals surface area contributed by atoms with Gasteiger partial charge in [-0.15, -0.1) is 0 Å². The normalized spacial score (nSPS) is 19.2. The number of morpholine rings is 1. The van der Waals surface area contributed by atoms with E-state index in [9.17, 15) is 4.79 Å². The molecule has 0 aliphatic carbocycles. The number of hydrogen-bond acceptors (Lipinski definition) is 3. The first kappa shape index (κ1) is 10.2. The highest BCUT2D eigenvalue weighted by atomic mass is 16.5. The minimum atomic E-state index is -0.270. The highest BCUT2D eigenvalue weighted by Gasteiger charge is 2.07. The van der Waals surface area contributed by atoms with Gasteiger partial charge in [0.15, 0.2) is 0 Å². The Morgan fingerprint density at radius 3 is 2.85 bits per heavy atom. The van der Waals surface area contributed by atoms with Crippen molar-refractivity contribution < 1.29 is 9.53 Å². The van der Waals surface area contributed by atoms with Gasteiger partial charge in [-0.25, -0.2) is 0 Å². The molecule has 1 saturated heterocycles. The third-order valence-corrected chi connectivity index (χ3v) is 1.88. The minimum absolute atomic E-state index is 0.270. The van der Waals surface area contributed by atoms with Crippen molar-refractivity contribution in [3.8, 4) is 0 Å². The number of carbonyl (C=O) groups excluding carboxylic acids is 1. The molecule has 0 atom stereocenters. The molecule has 0 aromatic heterocycles. The fourth-order valence-electron chi connectivity index (χ4n) is 1.14. The quantitative estimate of drug-likeness (QED) is 0.479. The summed E-state index contributed by atoms with van der Waals surface area (Å²) in [7, 11) is 4.91.